The first-order valence-corrected chi connectivity index (χ1v) is 12.9. The first-order chi connectivity index (χ1) is 16.4. The van der Waals surface area contributed by atoms with E-state index < -0.39 is 20.8 Å². The van der Waals surface area contributed by atoms with Crippen LogP contribution in [0.5, 0.6) is 5.75 Å². The summed E-state index contributed by atoms with van der Waals surface area (Å²) in [6.07, 6.45) is 0.594. The molecule has 0 aliphatic rings. The highest BCUT2D eigenvalue weighted by molar-refractivity contribution is 7.06. The Morgan fingerprint density at radius 3 is 1.82 bits per heavy atom. The standard InChI is InChI=1S/C29H25F3OSi/c1-3-20-29(30,31)27-21-23(22-14-17-24(33-2)18-15-22)16-19-28(27)34(32,25-10-6-4-7-11-25)26-12-8-5-9-13-26/h3-19,21H,1,20H2,2H3. The fraction of sp³-hybridized carbons (Fsp3) is 0.103. The molecule has 0 fully saturated rings. The van der Waals surface area contributed by atoms with Gasteiger partial charge in [0.2, 0.25) is 0 Å². The fourth-order valence-electron chi connectivity index (χ4n) is 4.21. The van der Waals surface area contributed by atoms with E-state index in [2.05, 4.69) is 6.58 Å². The average Bonchev–Trinajstić information content (AvgIpc) is 2.89. The molecule has 0 saturated heterocycles. The number of rotatable bonds is 8. The molecule has 0 aromatic heterocycles. The van der Waals surface area contributed by atoms with E-state index in [4.69, 9.17) is 4.74 Å². The Morgan fingerprint density at radius 1 is 0.794 bits per heavy atom. The van der Waals surface area contributed by atoms with Crippen molar-refractivity contribution in [3.8, 4) is 16.9 Å². The Morgan fingerprint density at radius 2 is 1.32 bits per heavy atom. The van der Waals surface area contributed by atoms with Crippen molar-refractivity contribution >= 4 is 24.0 Å². The van der Waals surface area contributed by atoms with Crippen LogP contribution in [0.15, 0.2) is 116 Å². The van der Waals surface area contributed by atoms with E-state index in [0.717, 1.165) is 5.56 Å². The molecule has 4 aromatic carbocycles. The smallest absolute Gasteiger partial charge is 0.339 e. The van der Waals surface area contributed by atoms with Crippen molar-refractivity contribution in [1.29, 1.82) is 0 Å². The number of ether oxygens (including phenoxy) is 1. The van der Waals surface area contributed by atoms with Crippen molar-refractivity contribution in [2.75, 3.05) is 7.11 Å². The minimum absolute atomic E-state index is 0.0500. The second-order valence-electron chi connectivity index (χ2n) is 8.08. The summed E-state index contributed by atoms with van der Waals surface area (Å²) in [6.45, 7) is 3.50. The lowest BCUT2D eigenvalue weighted by molar-refractivity contribution is 0.000151. The molecule has 1 nitrogen and oxygen atoms in total. The van der Waals surface area contributed by atoms with Crippen molar-refractivity contribution in [2.45, 2.75) is 12.3 Å². The molecule has 0 spiro atoms. The monoisotopic (exact) mass is 474 g/mol. The number of hydrogen-bond donors (Lipinski definition) is 0. The normalized spacial score (nSPS) is 11.8. The maximum absolute atomic E-state index is 17.4. The van der Waals surface area contributed by atoms with Crippen LogP contribution in [0, 0.1) is 0 Å². The maximum atomic E-state index is 17.4. The zero-order valence-corrected chi connectivity index (χ0v) is 19.8. The third-order valence-electron chi connectivity index (χ3n) is 5.95. The highest BCUT2D eigenvalue weighted by atomic mass is 28.4. The summed E-state index contributed by atoms with van der Waals surface area (Å²) >= 11 is 0. The quantitative estimate of drug-likeness (QED) is 0.132. The molecule has 0 unspecified atom stereocenters. The van der Waals surface area contributed by atoms with Gasteiger partial charge in [-0.2, -0.15) is 0 Å². The Bertz CT molecular complexity index is 1220. The minimum Gasteiger partial charge on any atom is -0.497 e. The van der Waals surface area contributed by atoms with Gasteiger partial charge in [-0.3, -0.25) is 4.11 Å². The first kappa shape index (κ1) is 23.6. The molecule has 5 heteroatoms. The lowest BCUT2D eigenvalue weighted by Crippen LogP contribution is -2.65. The second kappa shape index (κ2) is 9.73. The van der Waals surface area contributed by atoms with E-state index in [-0.39, 0.29) is 10.8 Å². The van der Waals surface area contributed by atoms with Crippen LogP contribution in [0.4, 0.5) is 12.9 Å². The van der Waals surface area contributed by atoms with Crippen LogP contribution in [0.25, 0.3) is 11.1 Å². The van der Waals surface area contributed by atoms with Crippen LogP contribution in [-0.4, -0.2) is 15.5 Å². The zero-order valence-electron chi connectivity index (χ0n) is 18.8. The van der Waals surface area contributed by atoms with Crippen molar-refractivity contribution in [3.63, 3.8) is 0 Å². The Labute approximate surface area is 199 Å². The lowest BCUT2D eigenvalue weighted by Gasteiger charge is -2.29. The molecular formula is C29H25F3OSi. The van der Waals surface area contributed by atoms with Crippen molar-refractivity contribution in [3.05, 3.63) is 121 Å². The third kappa shape index (κ3) is 4.44. The topological polar surface area (TPSA) is 9.23 Å². The van der Waals surface area contributed by atoms with E-state index >= 15 is 12.9 Å². The van der Waals surface area contributed by atoms with Crippen LogP contribution < -0.4 is 20.3 Å². The lowest BCUT2D eigenvalue weighted by atomic mass is 9.98. The van der Waals surface area contributed by atoms with Gasteiger partial charge in [-0.05, 0) is 44.9 Å². The molecule has 0 atom stereocenters. The van der Waals surface area contributed by atoms with Gasteiger partial charge in [0.1, 0.15) is 5.75 Å². The second-order valence-corrected chi connectivity index (χ2v) is 11.1. The van der Waals surface area contributed by atoms with Crippen LogP contribution in [0.2, 0.25) is 0 Å². The van der Waals surface area contributed by atoms with Gasteiger partial charge in [-0.15, -0.1) is 6.58 Å². The van der Waals surface area contributed by atoms with Gasteiger partial charge in [-0.1, -0.05) is 91.0 Å². The van der Waals surface area contributed by atoms with E-state index in [9.17, 15) is 0 Å². The molecule has 0 saturated carbocycles. The molecule has 0 bridgehead atoms. The van der Waals surface area contributed by atoms with Gasteiger partial charge in [0.25, 0.3) is 5.92 Å². The molecule has 4 rings (SSSR count). The molecule has 0 radical (unpaired) electrons. The number of benzene rings is 4. The van der Waals surface area contributed by atoms with E-state index in [1.807, 2.05) is 0 Å². The SMILES string of the molecule is C=CCC(F)(F)c1cc(-c2ccc(OC)cc2)ccc1[Si](F)(c1ccccc1)c1ccccc1. The molecule has 172 valence electrons. The fourth-order valence-corrected chi connectivity index (χ4v) is 7.41. The molecule has 0 aliphatic heterocycles. The van der Waals surface area contributed by atoms with Gasteiger partial charge in [-0.25, -0.2) is 8.78 Å². The van der Waals surface area contributed by atoms with Crippen LogP contribution >= 0.6 is 0 Å². The summed E-state index contributed by atoms with van der Waals surface area (Å²) in [5.74, 6) is -2.62. The minimum atomic E-state index is -4.23. The van der Waals surface area contributed by atoms with E-state index in [1.54, 1.807) is 98.1 Å². The van der Waals surface area contributed by atoms with E-state index in [1.165, 1.54) is 18.2 Å². The summed E-state index contributed by atoms with van der Waals surface area (Å²) in [5, 5.41) is 0.900. The molecule has 0 amide bonds. The van der Waals surface area contributed by atoms with Gasteiger partial charge in [0.15, 0.2) is 0 Å². The Hall–Kier alpha value is -3.57. The van der Waals surface area contributed by atoms with Gasteiger partial charge in [0.05, 0.1) is 7.11 Å². The van der Waals surface area contributed by atoms with Crippen LogP contribution in [0.3, 0.4) is 0 Å². The number of allylic oxidation sites excluding steroid dienone is 1. The number of hydrogen-bond acceptors (Lipinski definition) is 1. The zero-order chi connectivity index (χ0) is 24.2. The number of methoxy groups -OCH3 is 1. The summed E-state index contributed by atoms with van der Waals surface area (Å²) in [4.78, 5) is 0. The maximum Gasteiger partial charge on any atom is 0.339 e. The predicted molar refractivity (Wildman–Crippen MR) is 136 cm³/mol. The molecular weight excluding hydrogens is 449 g/mol. The summed E-state index contributed by atoms with van der Waals surface area (Å²) in [5.41, 5.74) is 1.03. The molecule has 34 heavy (non-hydrogen) atoms. The van der Waals surface area contributed by atoms with Crippen LogP contribution in [0.1, 0.15) is 12.0 Å². The Balaban J connectivity index is 1.98. The molecule has 0 heterocycles. The first-order valence-electron chi connectivity index (χ1n) is 11.0. The predicted octanol–water partition coefficient (Wildman–Crippen LogP) is 5.97. The number of halogens is 3. The highest BCUT2D eigenvalue weighted by Gasteiger charge is 2.47. The largest absolute Gasteiger partial charge is 0.497 e. The summed E-state index contributed by atoms with van der Waals surface area (Å²) < 4.78 is 53.7. The molecule has 0 N–H and O–H groups in total. The average molecular weight is 475 g/mol. The Kier molecular flexibility index (Phi) is 6.75. The van der Waals surface area contributed by atoms with E-state index in [0.29, 0.717) is 21.7 Å². The van der Waals surface area contributed by atoms with Gasteiger partial charge >= 0.3 is 8.41 Å². The van der Waals surface area contributed by atoms with Crippen LogP contribution in [-0.2, 0) is 5.92 Å². The summed E-state index contributed by atoms with van der Waals surface area (Å²) in [7, 11) is -2.67. The third-order valence-corrected chi connectivity index (χ3v) is 9.39. The highest BCUT2D eigenvalue weighted by Crippen LogP contribution is 2.35. The van der Waals surface area contributed by atoms with Gasteiger partial charge < -0.3 is 4.74 Å². The van der Waals surface area contributed by atoms with Crippen molar-refractivity contribution in [2.24, 2.45) is 0 Å². The van der Waals surface area contributed by atoms with Crippen molar-refractivity contribution in [1.82, 2.24) is 0 Å². The van der Waals surface area contributed by atoms with Gasteiger partial charge in [0, 0.05) is 12.0 Å². The summed E-state index contributed by atoms with van der Waals surface area (Å²) in [6, 6.07) is 29.1. The molecule has 0 aliphatic carbocycles. The number of alkyl halides is 2. The van der Waals surface area contributed by atoms with Crippen molar-refractivity contribution < 1.29 is 17.6 Å². The molecule has 4 aromatic rings.